The number of hydrogen-bond donors (Lipinski definition) is 1. The Morgan fingerprint density at radius 3 is 2.52 bits per heavy atom. The van der Waals surface area contributed by atoms with E-state index in [9.17, 15) is 4.79 Å². The second kappa shape index (κ2) is 6.66. The van der Waals surface area contributed by atoms with Crippen LogP contribution in [-0.4, -0.2) is 52.2 Å². The highest BCUT2D eigenvalue weighted by atomic mass is 16.2. The zero-order valence-corrected chi connectivity index (χ0v) is 14.4. The van der Waals surface area contributed by atoms with Crippen LogP contribution in [0, 0.1) is 12.8 Å². The molecule has 1 amide bonds. The molecule has 1 saturated heterocycles. The number of aryl methyl sites for hydroxylation is 1. The number of rotatable bonds is 4. The molecule has 7 heteroatoms. The third-order valence-electron chi connectivity index (χ3n) is 4.66. The van der Waals surface area contributed by atoms with Crippen LogP contribution in [0.1, 0.15) is 18.4 Å². The van der Waals surface area contributed by atoms with Crippen molar-refractivity contribution in [1.29, 1.82) is 0 Å². The number of nitrogens with one attached hydrogen (secondary N) is 1. The fourth-order valence-corrected chi connectivity index (χ4v) is 3.04. The third-order valence-corrected chi connectivity index (χ3v) is 4.66. The molecule has 1 N–H and O–H groups in total. The number of nitrogens with zero attached hydrogens (tertiary/aromatic N) is 5. The molecule has 7 nitrogen and oxygen atoms in total. The summed E-state index contributed by atoms with van der Waals surface area (Å²) in [6.07, 6.45) is 3.89. The summed E-state index contributed by atoms with van der Waals surface area (Å²) in [5.74, 6) is 2.91. The van der Waals surface area contributed by atoms with E-state index in [2.05, 4.69) is 25.4 Å². The summed E-state index contributed by atoms with van der Waals surface area (Å²) in [5.41, 5.74) is 1.14. The monoisotopic (exact) mass is 338 g/mol. The second-order valence-corrected chi connectivity index (χ2v) is 6.71. The van der Waals surface area contributed by atoms with E-state index in [0.717, 1.165) is 56.2 Å². The minimum Gasteiger partial charge on any atom is -0.352 e. The van der Waals surface area contributed by atoms with Crippen molar-refractivity contribution in [3.05, 3.63) is 36.0 Å². The van der Waals surface area contributed by atoms with Gasteiger partial charge in [-0.1, -0.05) is 0 Å². The normalized spacial score (nSPS) is 17.5. The van der Waals surface area contributed by atoms with Gasteiger partial charge in [-0.2, -0.15) is 0 Å². The topological polar surface area (TPSA) is 74.2 Å². The van der Waals surface area contributed by atoms with Gasteiger partial charge in [-0.25, -0.2) is 4.98 Å². The minimum absolute atomic E-state index is 0.298. The van der Waals surface area contributed by atoms with Gasteiger partial charge < -0.3 is 15.1 Å². The van der Waals surface area contributed by atoms with Gasteiger partial charge in [0.05, 0.1) is 0 Å². The van der Waals surface area contributed by atoms with E-state index in [1.807, 2.05) is 36.1 Å². The lowest BCUT2D eigenvalue weighted by molar-refractivity contribution is -0.132. The van der Waals surface area contributed by atoms with Crippen molar-refractivity contribution in [2.45, 2.75) is 19.8 Å². The smallest absolute Gasteiger partial charge is 0.225 e. The van der Waals surface area contributed by atoms with Gasteiger partial charge in [0, 0.05) is 38.3 Å². The van der Waals surface area contributed by atoms with Crippen molar-refractivity contribution in [1.82, 2.24) is 20.1 Å². The zero-order chi connectivity index (χ0) is 17.2. The minimum atomic E-state index is 0.298. The average molecular weight is 338 g/mol. The maximum Gasteiger partial charge on any atom is 0.225 e. The summed E-state index contributed by atoms with van der Waals surface area (Å²) < 4.78 is 0. The maximum atomic E-state index is 12.1. The first kappa shape index (κ1) is 15.8. The van der Waals surface area contributed by atoms with Gasteiger partial charge in [0.15, 0.2) is 11.6 Å². The van der Waals surface area contributed by atoms with Crippen LogP contribution in [-0.2, 0) is 4.79 Å². The number of hydrogen-bond acceptors (Lipinski definition) is 6. The fourth-order valence-electron chi connectivity index (χ4n) is 3.04. The number of piperazine rings is 1. The molecular formula is C18H22N6O. The Hall–Kier alpha value is -2.70. The van der Waals surface area contributed by atoms with Crippen LogP contribution in [0.4, 0.5) is 17.5 Å². The first-order valence-electron chi connectivity index (χ1n) is 8.76. The zero-order valence-electron chi connectivity index (χ0n) is 14.4. The van der Waals surface area contributed by atoms with Gasteiger partial charge in [-0.3, -0.25) is 4.79 Å². The SMILES string of the molecule is Cc1ccnc(Nc2ccc(N3CCN(C(=O)C4CC4)CC3)nn2)c1. The van der Waals surface area contributed by atoms with Crippen molar-refractivity contribution in [3.63, 3.8) is 0 Å². The predicted molar refractivity (Wildman–Crippen MR) is 95.8 cm³/mol. The molecule has 2 aromatic rings. The lowest BCUT2D eigenvalue weighted by Gasteiger charge is -2.35. The van der Waals surface area contributed by atoms with Crippen LogP contribution in [0.2, 0.25) is 0 Å². The lowest BCUT2D eigenvalue weighted by Crippen LogP contribution is -2.49. The first-order chi connectivity index (χ1) is 12.2. The summed E-state index contributed by atoms with van der Waals surface area (Å²) in [7, 11) is 0. The summed E-state index contributed by atoms with van der Waals surface area (Å²) in [6, 6.07) is 7.79. The van der Waals surface area contributed by atoms with Crippen molar-refractivity contribution in [2.24, 2.45) is 5.92 Å². The molecule has 1 saturated carbocycles. The number of anilines is 3. The molecule has 2 aromatic heterocycles. The quantitative estimate of drug-likeness (QED) is 0.919. The van der Waals surface area contributed by atoms with Crippen molar-refractivity contribution in [2.75, 3.05) is 36.4 Å². The van der Waals surface area contributed by atoms with Gasteiger partial charge in [0.1, 0.15) is 5.82 Å². The molecule has 0 radical (unpaired) electrons. The van der Waals surface area contributed by atoms with Gasteiger partial charge in [0.2, 0.25) is 5.91 Å². The van der Waals surface area contributed by atoms with Crippen LogP contribution in [0.15, 0.2) is 30.5 Å². The first-order valence-corrected chi connectivity index (χ1v) is 8.76. The summed E-state index contributed by atoms with van der Waals surface area (Å²) in [4.78, 5) is 20.5. The highest BCUT2D eigenvalue weighted by molar-refractivity contribution is 5.81. The highest BCUT2D eigenvalue weighted by Crippen LogP contribution is 2.31. The van der Waals surface area contributed by atoms with Gasteiger partial charge >= 0.3 is 0 Å². The standard InChI is InChI=1S/C18H22N6O/c1-13-6-7-19-16(12-13)20-15-4-5-17(22-21-15)23-8-10-24(11-9-23)18(25)14-2-3-14/h4-7,12,14H,2-3,8-11H2,1H3,(H,19,20,21). The Kier molecular flexibility index (Phi) is 4.21. The van der Waals surface area contributed by atoms with E-state index in [1.165, 1.54) is 0 Å². The maximum absolute atomic E-state index is 12.1. The van der Waals surface area contributed by atoms with E-state index in [1.54, 1.807) is 6.20 Å². The van der Waals surface area contributed by atoms with Gasteiger partial charge in [-0.15, -0.1) is 10.2 Å². The second-order valence-electron chi connectivity index (χ2n) is 6.71. The van der Waals surface area contributed by atoms with Crippen molar-refractivity contribution >= 4 is 23.4 Å². The van der Waals surface area contributed by atoms with Crippen molar-refractivity contribution < 1.29 is 4.79 Å². The summed E-state index contributed by atoms with van der Waals surface area (Å²) in [6.45, 7) is 5.17. The van der Waals surface area contributed by atoms with Crippen LogP contribution < -0.4 is 10.2 Å². The number of carbonyl (C=O) groups excluding carboxylic acids is 1. The van der Waals surface area contributed by atoms with E-state index in [4.69, 9.17) is 0 Å². The highest BCUT2D eigenvalue weighted by Gasteiger charge is 2.34. The molecule has 2 aliphatic rings. The number of pyridine rings is 1. The third kappa shape index (κ3) is 3.70. The van der Waals surface area contributed by atoms with Crippen LogP contribution in [0.3, 0.4) is 0 Å². The molecule has 130 valence electrons. The Morgan fingerprint density at radius 2 is 1.88 bits per heavy atom. The van der Waals surface area contributed by atoms with E-state index in [-0.39, 0.29) is 0 Å². The summed E-state index contributed by atoms with van der Waals surface area (Å²) in [5, 5.41) is 11.7. The summed E-state index contributed by atoms with van der Waals surface area (Å²) >= 11 is 0. The number of carbonyl (C=O) groups is 1. The van der Waals surface area contributed by atoms with Crippen LogP contribution in [0.5, 0.6) is 0 Å². The molecule has 3 heterocycles. The van der Waals surface area contributed by atoms with E-state index >= 15 is 0 Å². The average Bonchev–Trinajstić information content (AvgIpc) is 3.47. The largest absolute Gasteiger partial charge is 0.352 e. The van der Waals surface area contributed by atoms with E-state index in [0.29, 0.717) is 17.6 Å². The lowest BCUT2D eigenvalue weighted by atomic mass is 10.2. The Labute approximate surface area is 147 Å². The van der Waals surface area contributed by atoms with Crippen LogP contribution >= 0.6 is 0 Å². The number of aromatic nitrogens is 3. The Bertz CT molecular complexity index is 750. The molecule has 0 bridgehead atoms. The number of amides is 1. The van der Waals surface area contributed by atoms with Crippen LogP contribution in [0.25, 0.3) is 0 Å². The molecule has 0 spiro atoms. The predicted octanol–water partition coefficient (Wildman–Crippen LogP) is 1.98. The molecule has 25 heavy (non-hydrogen) atoms. The fraction of sp³-hybridized carbons (Fsp3) is 0.444. The molecule has 0 unspecified atom stereocenters. The molecule has 0 atom stereocenters. The molecule has 1 aliphatic carbocycles. The molecule has 4 rings (SSSR count). The van der Waals surface area contributed by atoms with Crippen molar-refractivity contribution in [3.8, 4) is 0 Å². The molecule has 2 fully saturated rings. The Balaban J connectivity index is 1.35. The van der Waals surface area contributed by atoms with Gasteiger partial charge in [-0.05, 0) is 49.6 Å². The molecule has 1 aliphatic heterocycles. The molecular weight excluding hydrogens is 316 g/mol. The van der Waals surface area contributed by atoms with E-state index < -0.39 is 0 Å². The molecule has 0 aromatic carbocycles. The van der Waals surface area contributed by atoms with Gasteiger partial charge in [0.25, 0.3) is 0 Å². The Morgan fingerprint density at radius 1 is 1.08 bits per heavy atom.